The van der Waals surface area contributed by atoms with E-state index in [9.17, 15) is 28.5 Å². The molecule has 0 amide bonds. The van der Waals surface area contributed by atoms with Gasteiger partial charge in [0.05, 0.1) is 19.8 Å². The van der Waals surface area contributed by atoms with Crippen LogP contribution in [0.5, 0.6) is 0 Å². The van der Waals surface area contributed by atoms with Gasteiger partial charge in [0, 0.05) is 13.0 Å². The van der Waals surface area contributed by atoms with Crippen molar-refractivity contribution in [2.75, 3.05) is 26.4 Å². The highest BCUT2D eigenvalue weighted by Gasteiger charge is 2.48. The minimum Gasteiger partial charge on any atom is -0.457 e. The summed E-state index contributed by atoms with van der Waals surface area (Å²) in [6, 6.07) is 0. The standard InChI is InChI=1S/C51H84O12S/c1-3-5-7-9-11-13-15-17-19-20-21-22-23-24-25-26-27-28-30-32-34-36-38-40-47(53)61-45(43-59-41-39-37-35-33-31-29-18-16-14-12-10-8-6-4-2)44-60-51-49(55)50(63-64(56,57)58)48(54)46(42-52)62-51/h5,7,11,13-14,16-17,19,21-22,24-25,27-28,32,34,45-46,48-52,54-55H,3-4,6,8-10,12,15,18,20,23,26,29-31,33,35-44H2,1-2H3,(H,56,57,58)/b7-5-,13-11-,16-14-,19-17-,22-21-,25-24-,28-27-,34-32-. The van der Waals surface area contributed by atoms with E-state index in [2.05, 4.69) is 109 Å². The van der Waals surface area contributed by atoms with E-state index >= 15 is 0 Å². The van der Waals surface area contributed by atoms with Crippen LogP contribution in [0, 0.1) is 0 Å². The van der Waals surface area contributed by atoms with Crippen molar-refractivity contribution >= 4 is 16.4 Å². The molecule has 0 saturated carbocycles. The predicted molar refractivity (Wildman–Crippen MR) is 257 cm³/mol. The third-order valence-corrected chi connectivity index (χ3v) is 10.7. The number of ether oxygens (including phenoxy) is 4. The summed E-state index contributed by atoms with van der Waals surface area (Å²) in [7, 11) is -5.08. The molecule has 0 radical (unpaired) electrons. The van der Waals surface area contributed by atoms with Crippen LogP contribution in [0.25, 0.3) is 0 Å². The number of aliphatic hydroxyl groups excluding tert-OH is 3. The summed E-state index contributed by atoms with van der Waals surface area (Å²) >= 11 is 0. The van der Waals surface area contributed by atoms with Gasteiger partial charge in [-0.1, -0.05) is 156 Å². The largest absolute Gasteiger partial charge is 0.457 e. The Kier molecular flexibility index (Phi) is 38.2. The van der Waals surface area contributed by atoms with Gasteiger partial charge in [0.2, 0.25) is 0 Å². The van der Waals surface area contributed by atoms with Crippen LogP contribution in [0.4, 0.5) is 0 Å². The molecule has 64 heavy (non-hydrogen) atoms. The Morgan fingerprint density at radius 1 is 0.609 bits per heavy atom. The van der Waals surface area contributed by atoms with E-state index < -0.39 is 59.8 Å². The van der Waals surface area contributed by atoms with Crippen molar-refractivity contribution in [3.8, 4) is 0 Å². The number of unbranched alkanes of at least 4 members (excludes halogenated alkanes) is 11. The van der Waals surface area contributed by atoms with Gasteiger partial charge < -0.3 is 34.3 Å². The quantitative estimate of drug-likeness (QED) is 0.0198. The smallest absolute Gasteiger partial charge is 0.397 e. The van der Waals surface area contributed by atoms with Gasteiger partial charge in [-0.05, 0) is 89.9 Å². The maximum atomic E-state index is 12.9. The fraction of sp³-hybridized carbons (Fsp3) is 0.667. The first-order valence-corrected chi connectivity index (χ1v) is 25.4. The van der Waals surface area contributed by atoms with Crippen LogP contribution < -0.4 is 0 Å². The van der Waals surface area contributed by atoms with Gasteiger partial charge in [-0.2, -0.15) is 8.42 Å². The van der Waals surface area contributed by atoms with Gasteiger partial charge in [0.25, 0.3) is 0 Å². The maximum Gasteiger partial charge on any atom is 0.397 e. The highest BCUT2D eigenvalue weighted by molar-refractivity contribution is 7.80. The average molecular weight is 921 g/mol. The van der Waals surface area contributed by atoms with E-state index in [1.54, 1.807) is 0 Å². The van der Waals surface area contributed by atoms with Gasteiger partial charge in [-0.3, -0.25) is 9.35 Å². The van der Waals surface area contributed by atoms with E-state index in [1.165, 1.54) is 44.9 Å². The molecule has 1 fully saturated rings. The first-order chi connectivity index (χ1) is 31.1. The van der Waals surface area contributed by atoms with Crippen LogP contribution in [-0.4, -0.2) is 97.5 Å². The summed E-state index contributed by atoms with van der Waals surface area (Å²) in [5, 5.41) is 30.7. The topological polar surface area (TPSA) is 178 Å². The van der Waals surface area contributed by atoms with Crippen LogP contribution in [0.2, 0.25) is 0 Å². The Labute approximate surface area is 386 Å². The molecule has 0 aliphatic carbocycles. The Balaban J connectivity index is 2.46. The van der Waals surface area contributed by atoms with E-state index in [0.717, 1.165) is 77.0 Å². The van der Waals surface area contributed by atoms with Crippen molar-refractivity contribution in [1.29, 1.82) is 0 Å². The summed E-state index contributed by atoms with van der Waals surface area (Å²) < 4.78 is 59.0. The molecular formula is C51H84O12S. The summed E-state index contributed by atoms with van der Waals surface area (Å²) in [5.74, 6) is -0.463. The first-order valence-electron chi connectivity index (χ1n) is 24.0. The van der Waals surface area contributed by atoms with E-state index in [1.807, 2.05) is 6.08 Å². The molecule has 0 aromatic heterocycles. The summed E-state index contributed by atoms with van der Waals surface area (Å²) in [6.07, 6.45) is 47.3. The molecule has 0 spiro atoms. The highest BCUT2D eigenvalue weighted by atomic mass is 32.3. The number of rotatable bonds is 40. The van der Waals surface area contributed by atoms with Gasteiger partial charge in [0.1, 0.15) is 30.5 Å². The second kappa shape index (κ2) is 41.5. The Bertz CT molecular complexity index is 1480. The predicted octanol–water partition coefficient (Wildman–Crippen LogP) is 10.6. The zero-order valence-electron chi connectivity index (χ0n) is 39.0. The lowest BCUT2D eigenvalue weighted by atomic mass is 9.99. The second-order valence-electron chi connectivity index (χ2n) is 16.0. The van der Waals surface area contributed by atoms with Crippen molar-refractivity contribution in [3.05, 3.63) is 97.2 Å². The molecule has 1 heterocycles. The van der Waals surface area contributed by atoms with E-state index in [-0.39, 0.29) is 19.6 Å². The maximum absolute atomic E-state index is 12.9. The molecule has 0 aromatic carbocycles. The van der Waals surface area contributed by atoms with Crippen LogP contribution in [0.3, 0.4) is 0 Å². The Morgan fingerprint density at radius 2 is 1.08 bits per heavy atom. The van der Waals surface area contributed by atoms with Gasteiger partial charge in [0.15, 0.2) is 6.29 Å². The molecule has 1 aliphatic heterocycles. The summed E-state index contributed by atoms with van der Waals surface area (Å²) in [5.41, 5.74) is 0. The number of carbonyl (C=O) groups excluding carboxylic acids is 1. The summed E-state index contributed by atoms with van der Waals surface area (Å²) in [4.78, 5) is 12.9. The van der Waals surface area contributed by atoms with Gasteiger partial charge >= 0.3 is 16.4 Å². The first kappa shape index (κ1) is 59.0. The normalized spacial score (nSPS) is 20.6. The Morgan fingerprint density at radius 3 is 1.59 bits per heavy atom. The van der Waals surface area contributed by atoms with Crippen LogP contribution in [0.15, 0.2) is 97.2 Å². The van der Waals surface area contributed by atoms with Crippen molar-refractivity contribution in [2.24, 2.45) is 0 Å². The fourth-order valence-corrected chi connectivity index (χ4v) is 7.10. The zero-order chi connectivity index (χ0) is 46.8. The lowest BCUT2D eigenvalue weighted by molar-refractivity contribution is -0.301. The fourth-order valence-electron chi connectivity index (χ4n) is 6.60. The zero-order valence-corrected chi connectivity index (χ0v) is 39.9. The lowest BCUT2D eigenvalue weighted by Crippen LogP contribution is -2.60. The van der Waals surface area contributed by atoms with Crippen molar-refractivity contribution in [3.63, 3.8) is 0 Å². The molecule has 1 rings (SSSR count). The van der Waals surface area contributed by atoms with E-state index in [4.69, 9.17) is 23.5 Å². The van der Waals surface area contributed by atoms with Crippen LogP contribution in [-0.2, 0) is 38.3 Å². The molecule has 1 saturated heterocycles. The number of esters is 1. The third-order valence-electron chi connectivity index (χ3n) is 10.2. The summed E-state index contributed by atoms with van der Waals surface area (Å²) in [6.45, 7) is 3.75. The van der Waals surface area contributed by atoms with Crippen molar-refractivity contribution < 1.29 is 56.2 Å². The molecule has 366 valence electrons. The minimum absolute atomic E-state index is 0.00218. The number of hydrogen-bond donors (Lipinski definition) is 4. The van der Waals surface area contributed by atoms with E-state index in [0.29, 0.717) is 19.4 Å². The molecule has 4 N–H and O–H groups in total. The lowest BCUT2D eigenvalue weighted by Gasteiger charge is -2.41. The second-order valence-corrected chi connectivity index (χ2v) is 17.0. The van der Waals surface area contributed by atoms with Gasteiger partial charge in [-0.15, -0.1) is 0 Å². The molecule has 6 atom stereocenters. The monoisotopic (exact) mass is 921 g/mol. The number of hydrogen-bond acceptors (Lipinski definition) is 11. The minimum atomic E-state index is -5.08. The molecule has 1 aliphatic rings. The van der Waals surface area contributed by atoms with Crippen LogP contribution >= 0.6 is 0 Å². The molecule has 6 unspecified atom stereocenters. The molecule has 12 nitrogen and oxygen atoms in total. The van der Waals surface area contributed by atoms with Crippen LogP contribution in [0.1, 0.15) is 155 Å². The Hall–Kier alpha value is -2.98. The van der Waals surface area contributed by atoms with Crippen molar-refractivity contribution in [2.45, 2.75) is 192 Å². The average Bonchev–Trinajstić information content (AvgIpc) is 3.27. The highest BCUT2D eigenvalue weighted by Crippen LogP contribution is 2.26. The number of aliphatic hydroxyl groups is 3. The molecular weight excluding hydrogens is 837 g/mol. The SMILES string of the molecule is CC/C=C\C/C=C\C/C=C\C/C=C\C/C=C\C/C=C\C/C=C\CCCC(=O)OC(COCCCCCCCC/C=C\CCCCCC)COC1OC(CO)C(O)C(OS(=O)(=O)O)C1O. The number of allylic oxidation sites excluding steroid dienone is 16. The number of carbonyl (C=O) groups is 1. The molecule has 13 heteroatoms. The third kappa shape index (κ3) is 34.4. The van der Waals surface area contributed by atoms with Gasteiger partial charge in [-0.25, -0.2) is 4.18 Å². The molecule has 0 bridgehead atoms. The van der Waals surface area contributed by atoms with Crippen molar-refractivity contribution in [1.82, 2.24) is 0 Å². The molecule has 0 aromatic rings.